The highest BCUT2D eigenvalue weighted by atomic mass is 79.9. The van der Waals surface area contributed by atoms with Crippen molar-refractivity contribution in [1.82, 2.24) is 0 Å². The average molecular weight is 281 g/mol. The van der Waals surface area contributed by atoms with E-state index in [1.807, 2.05) is 0 Å². The highest BCUT2D eigenvalue weighted by Gasteiger charge is 2.03. The summed E-state index contributed by atoms with van der Waals surface area (Å²) in [6.45, 7) is 0.656. The van der Waals surface area contributed by atoms with E-state index in [2.05, 4.69) is 15.9 Å². The maximum atomic E-state index is 8.64. The minimum atomic E-state index is 0.320. The maximum Gasteiger partial charge on any atom is 0.0431 e. The maximum absolute atomic E-state index is 8.64. The molecule has 0 heterocycles. The van der Waals surface area contributed by atoms with Crippen LogP contribution in [0.1, 0.15) is 57.8 Å². The molecular weight excluding hydrogens is 256 g/mol. The predicted molar refractivity (Wildman–Crippen MR) is 68.4 cm³/mol. The second kappa shape index (κ2) is 12.5. The van der Waals surface area contributed by atoms with Gasteiger partial charge in [-0.1, -0.05) is 48.0 Å². The number of alkyl halides is 1. The van der Waals surface area contributed by atoms with Gasteiger partial charge in [0.15, 0.2) is 0 Å². The molecular formula is C12H25BrO2. The molecule has 2 nitrogen and oxygen atoms in total. The minimum absolute atomic E-state index is 0.320. The Labute approximate surface area is 102 Å². The zero-order chi connectivity index (χ0) is 11.4. The van der Waals surface area contributed by atoms with Gasteiger partial charge in [0.2, 0.25) is 0 Å². The minimum Gasteiger partial charge on any atom is -0.396 e. The van der Waals surface area contributed by atoms with Crippen molar-refractivity contribution >= 4 is 15.9 Å². The van der Waals surface area contributed by atoms with Crippen LogP contribution in [0.25, 0.3) is 0 Å². The molecule has 0 aliphatic carbocycles. The Morgan fingerprint density at radius 1 is 0.667 bits per heavy atom. The van der Waals surface area contributed by atoms with Gasteiger partial charge in [-0.3, -0.25) is 0 Å². The lowest BCUT2D eigenvalue weighted by molar-refractivity contribution is 0.281. The summed E-state index contributed by atoms with van der Waals surface area (Å²) in [5.41, 5.74) is 0. The fourth-order valence-corrected chi connectivity index (χ4v) is 2.28. The van der Waals surface area contributed by atoms with E-state index in [1.165, 1.54) is 32.1 Å². The molecule has 0 amide bonds. The van der Waals surface area contributed by atoms with E-state index in [-0.39, 0.29) is 0 Å². The number of halogens is 1. The summed E-state index contributed by atoms with van der Waals surface area (Å²) in [5.74, 6) is 0. The molecule has 1 unspecified atom stereocenters. The first-order valence-electron chi connectivity index (χ1n) is 6.17. The van der Waals surface area contributed by atoms with Gasteiger partial charge >= 0.3 is 0 Å². The molecule has 15 heavy (non-hydrogen) atoms. The van der Waals surface area contributed by atoms with E-state index in [1.54, 1.807) is 0 Å². The molecule has 0 rings (SSSR count). The molecule has 0 saturated carbocycles. The van der Waals surface area contributed by atoms with Gasteiger partial charge in [0, 0.05) is 18.0 Å². The van der Waals surface area contributed by atoms with Crippen LogP contribution in [0, 0.1) is 0 Å². The normalized spacial score (nSPS) is 13.0. The van der Waals surface area contributed by atoms with Crippen molar-refractivity contribution in [1.29, 1.82) is 0 Å². The molecule has 0 aromatic rings. The van der Waals surface area contributed by atoms with Crippen molar-refractivity contribution in [3.05, 3.63) is 0 Å². The lowest BCUT2D eigenvalue weighted by Crippen LogP contribution is -1.98. The summed E-state index contributed by atoms with van der Waals surface area (Å²) in [6, 6.07) is 0. The monoisotopic (exact) mass is 280 g/mol. The average Bonchev–Trinajstić information content (AvgIpc) is 2.23. The first-order valence-corrected chi connectivity index (χ1v) is 7.08. The number of aliphatic hydroxyl groups is 2. The topological polar surface area (TPSA) is 40.5 Å². The van der Waals surface area contributed by atoms with Crippen molar-refractivity contribution < 1.29 is 10.2 Å². The van der Waals surface area contributed by atoms with Gasteiger partial charge in [-0.25, -0.2) is 0 Å². The van der Waals surface area contributed by atoms with Gasteiger partial charge in [-0.15, -0.1) is 0 Å². The van der Waals surface area contributed by atoms with E-state index in [4.69, 9.17) is 10.2 Å². The van der Waals surface area contributed by atoms with Crippen LogP contribution in [0.2, 0.25) is 0 Å². The van der Waals surface area contributed by atoms with Gasteiger partial charge in [0.25, 0.3) is 0 Å². The van der Waals surface area contributed by atoms with Crippen LogP contribution in [-0.2, 0) is 0 Å². The number of unbranched alkanes of at least 4 members (excludes halogenated alkanes) is 5. The highest BCUT2D eigenvalue weighted by Crippen LogP contribution is 2.17. The van der Waals surface area contributed by atoms with Crippen LogP contribution >= 0.6 is 15.9 Å². The number of rotatable bonds is 11. The van der Waals surface area contributed by atoms with E-state index < -0.39 is 0 Å². The highest BCUT2D eigenvalue weighted by molar-refractivity contribution is 9.09. The molecule has 0 saturated heterocycles. The molecule has 0 aliphatic rings. The summed E-state index contributed by atoms with van der Waals surface area (Å²) < 4.78 is 0. The van der Waals surface area contributed by atoms with Crippen molar-refractivity contribution in [2.45, 2.75) is 62.6 Å². The Bertz CT molecular complexity index is 120. The Balaban J connectivity index is 3.06. The number of hydrogen-bond donors (Lipinski definition) is 2. The summed E-state index contributed by atoms with van der Waals surface area (Å²) in [6.07, 6.45) is 10.4. The zero-order valence-electron chi connectivity index (χ0n) is 9.63. The SMILES string of the molecule is OCCCCCCCC(Br)CCCCO. The Morgan fingerprint density at radius 3 is 1.67 bits per heavy atom. The van der Waals surface area contributed by atoms with E-state index in [9.17, 15) is 0 Å². The van der Waals surface area contributed by atoms with Crippen LogP contribution < -0.4 is 0 Å². The Morgan fingerprint density at radius 2 is 1.07 bits per heavy atom. The molecule has 0 aliphatic heterocycles. The van der Waals surface area contributed by atoms with Gasteiger partial charge in [-0.05, 0) is 25.7 Å². The fourth-order valence-electron chi connectivity index (χ4n) is 1.63. The lowest BCUT2D eigenvalue weighted by Gasteiger charge is -2.08. The number of hydrogen-bond acceptors (Lipinski definition) is 2. The van der Waals surface area contributed by atoms with Crippen LogP contribution in [0.5, 0.6) is 0 Å². The van der Waals surface area contributed by atoms with Gasteiger partial charge in [0.1, 0.15) is 0 Å². The summed E-state index contributed by atoms with van der Waals surface area (Å²) in [4.78, 5) is 0.627. The standard InChI is InChI=1S/C12H25BrO2/c13-12(9-5-7-11-15)8-4-2-1-3-6-10-14/h12,14-15H,1-11H2. The molecule has 0 spiro atoms. The summed E-state index contributed by atoms with van der Waals surface area (Å²) >= 11 is 3.67. The largest absolute Gasteiger partial charge is 0.396 e. The molecule has 0 radical (unpaired) electrons. The zero-order valence-corrected chi connectivity index (χ0v) is 11.2. The molecule has 0 aromatic heterocycles. The summed E-state index contributed by atoms with van der Waals surface area (Å²) in [7, 11) is 0. The Kier molecular flexibility index (Phi) is 12.8. The first-order chi connectivity index (χ1) is 7.31. The van der Waals surface area contributed by atoms with Crippen molar-refractivity contribution in [2.75, 3.05) is 13.2 Å². The third-order valence-corrected chi connectivity index (χ3v) is 3.52. The van der Waals surface area contributed by atoms with Crippen molar-refractivity contribution in [2.24, 2.45) is 0 Å². The van der Waals surface area contributed by atoms with Crippen molar-refractivity contribution in [3.8, 4) is 0 Å². The van der Waals surface area contributed by atoms with Crippen LogP contribution in [0.4, 0.5) is 0 Å². The molecule has 1 atom stereocenters. The van der Waals surface area contributed by atoms with E-state index in [0.29, 0.717) is 18.0 Å². The van der Waals surface area contributed by atoms with Gasteiger partial charge in [-0.2, -0.15) is 0 Å². The number of aliphatic hydroxyl groups excluding tert-OH is 2. The van der Waals surface area contributed by atoms with Crippen LogP contribution in [0.15, 0.2) is 0 Å². The third-order valence-electron chi connectivity index (χ3n) is 2.60. The quantitative estimate of drug-likeness (QED) is 0.451. The van der Waals surface area contributed by atoms with Gasteiger partial charge < -0.3 is 10.2 Å². The molecule has 0 bridgehead atoms. The predicted octanol–water partition coefficient (Wildman–Crippen LogP) is 3.25. The molecule has 3 heteroatoms. The van der Waals surface area contributed by atoms with Crippen LogP contribution in [-0.4, -0.2) is 28.3 Å². The van der Waals surface area contributed by atoms with Gasteiger partial charge in [0.05, 0.1) is 0 Å². The molecule has 0 fully saturated rings. The molecule has 2 N–H and O–H groups in total. The second-order valence-electron chi connectivity index (χ2n) is 4.10. The fraction of sp³-hybridized carbons (Fsp3) is 1.00. The Hall–Kier alpha value is 0.400. The van der Waals surface area contributed by atoms with Crippen molar-refractivity contribution in [3.63, 3.8) is 0 Å². The molecule has 92 valence electrons. The van der Waals surface area contributed by atoms with E-state index in [0.717, 1.165) is 25.7 Å². The lowest BCUT2D eigenvalue weighted by atomic mass is 10.1. The smallest absolute Gasteiger partial charge is 0.0431 e. The first kappa shape index (κ1) is 15.4. The van der Waals surface area contributed by atoms with E-state index >= 15 is 0 Å². The third kappa shape index (κ3) is 12.3. The summed E-state index contributed by atoms with van der Waals surface area (Å²) in [5, 5.41) is 17.2. The molecule has 0 aromatic carbocycles. The second-order valence-corrected chi connectivity index (χ2v) is 5.39. The van der Waals surface area contributed by atoms with Crippen LogP contribution in [0.3, 0.4) is 0 Å².